The van der Waals surface area contributed by atoms with Crippen LogP contribution in [0.3, 0.4) is 0 Å². The van der Waals surface area contributed by atoms with Crippen LogP contribution in [0.2, 0.25) is 0 Å². The number of carbonyl (C=O) groups is 3. The number of hydrogen-bond donors (Lipinski definition) is 0. The molecule has 0 heterocycles. The van der Waals surface area contributed by atoms with Crippen molar-refractivity contribution in [2.24, 2.45) is 0 Å². The number of esters is 3. The Morgan fingerprint density at radius 1 is 0.299 bits per heavy atom. The van der Waals surface area contributed by atoms with Gasteiger partial charge >= 0.3 is 17.9 Å². The topological polar surface area (TPSA) is 78.9 Å². The lowest BCUT2D eigenvalue weighted by molar-refractivity contribution is -0.167. The SMILES string of the molecule is CCCCC/C=C\C/C=C\CCCCCCCCCC(=O)OCC(COC(=O)CCCCCCCCCCCCCCCCC)OC(=O)CCCCCCCCC/C=C\CCCCCCCC. The van der Waals surface area contributed by atoms with Crippen LogP contribution in [-0.2, 0) is 28.6 Å². The summed E-state index contributed by atoms with van der Waals surface area (Å²) in [5.74, 6) is -0.866. The van der Waals surface area contributed by atoms with E-state index in [9.17, 15) is 14.4 Å². The van der Waals surface area contributed by atoms with Crippen LogP contribution >= 0.6 is 0 Å². The number of carbonyl (C=O) groups excluding carboxylic acids is 3. The predicted molar refractivity (Wildman–Crippen MR) is 289 cm³/mol. The van der Waals surface area contributed by atoms with Crippen molar-refractivity contribution in [3.05, 3.63) is 36.5 Å². The fourth-order valence-corrected chi connectivity index (χ4v) is 8.65. The number of rotatable bonds is 54. The highest BCUT2D eigenvalue weighted by Gasteiger charge is 2.19. The Morgan fingerprint density at radius 2 is 0.537 bits per heavy atom. The van der Waals surface area contributed by atoms with E-state index in [4.69, 9.17) is 14.2 Å². The molecule has 0 fully saturated rings. The molecule has 0 saturated heterocycles. The van der Waals surface area contributed by atoms with Crippen LogP contribution < -0.4 is 0 Å². The first-order valence-corrected chi connectivity index (χ1v) is 29.5. The molecule has 0 aliphatic heterocycles. The van der Waals surface area contributed by atoms with E-state index in [2.05, 4.69) is 57.2 Å². The summed E-state index contributed by atoms with van der Waals surface area (Å²) in [5.41, 5.74) is 0. The molecule has 1 unspecified atom stereocenters. The van der Waals surface area contributed by atoms with E-state index in [0.29, 0.717) is 19.3 Å². The van der Waals surface area contributed by atoms with E-state index >= 15 is 0 Å². The lowest BCUT2D eigenvalue weighted by Gasteiger charge is -2.18. The van der Waals surface area contributed by atoms with Crippen molar-refractivity contribution in [3.63, 3.8) is 0 Å². The van der Waals surface area contributed by atoms with Crippen LogP contribution in [0.25, 0.3) is 0 Å². The molecule has 0 aliphatic rings. The van der Waals surface area contributed by atoms with Crippen LogP contribution in [0.15, 0.2) is 36.5 Å². The quantitative estimate of drug-likeness (QED) is 0.0262. The second-order valence-electron chi connectivity index (χ2n) is 19.9. The lowest BCUT2D eigenvalue weighted by Crippen LogP contribution is -2.30. The Hall–Kier alpha value is -2.37. The Kier molecular flexibility index (Phi) is 54.2. The molecule has 392 valence electrons. The van der Waals surface area contributed by atoms with Crippen LogP contribution in [0, 0.1) is 0 Å². The summed E-state index contributed by atoms with van der Waals surface area (Å²) in [6.45, 7) is 6.64. The van der Waals surface area contributed by atoms with Gasteiger partial charge in [-0.3, -0.25) is 14.4 Å². The van der Waals surface area contributed by atoms with Crippen LogP contribution in [0.4, 0.5) is 0 Å². The number of hydrogen-bond acceptors (Lipinski definition) is 6. The summed E-state index contributed by atoms with van der Waals surface area (Å²) >= 11 is 0. The molecule has 0 saturated carbocycles. The van der Waals surface area contributed by atoms with Crippen molar-refractivity contribution in [1.29, 1.82) is 0 Å². The highest BCUT2D eigenvalue weighted by molar-refractivity contribution is 5.71. The minimum absolute atomic E-state index is 0.0726. The fourth-order valence-electron chi connectivity index (χ4n) is 8.65. The molecular weight excluding hydrogens is 829 g/mol. The van der Waals surface area contributed by atoms with Gasteiger partial charge in [0.1, 0.15) is 13.2 Å². The molecule has 0 aromatic carbocycles. The van der Waals surface area contributed by atoms with Gasteiger partial charge < -0.3 is 14.2 Å². The zero-order chi connectivity index (χ0) is 48.6. The first-order chi connectivity index (χ1) is 33.0. The van der Waals surface area contributed by atoms with Crippen LogP contribution in [-0.4, -0.2) is 37.2 Å². The molecule has 0 spiro atoms. The Labute approximate surface area is 416 Å². The Bertz CT molecular complexity index is 1130. The number of ether oxygens (including phenoxy) is 3. The van der Waals surface area contributed by atoms with E-state index in [-0.39, 0.29) is 31.1 Å². The van der Waals surface area contributed by atoms with Crippen LogP contribution in [0.5, 0.6) is 0 Å². The maximum Gasteiger partial charge on any atom is 0.306 e. The fraction of sp³-hybridized carbons (Fsp3) is 0.852. The maximum atomic E-state index is 12.9. The van der Waals surface area contributed by atoms with Crippen LogP contribution in [0.1, 0.15) is 316 Å². The molecule has 0 amide bonds. The molecule has 0 aromatic heterocycles. The monoisotopic (exact) mass is 941 g/mol. The van der Waals surface area contributed by atoms with E-state index < -0.39 is 6.10 Å². The zero-order valence-electron chi connectivity index (χ0n) is 44.9. The summed E-state index contributed by atoms with van der Waals surface area (Å²) in [7, 11) is 0. The minimum atomic E-state index is -0.775. The third-order valence-electron chi connectivity index (χ3n) is 13.1. The molecule has 0 N–H and O–H groups in total. The van der Waals surface area contributed by atoms with E-state index in [1.807, 2.05) is 0 Å². The van der Waals surface area contributed by atoms with Crippen molar-refractivity contribution in [3.8, 4) is 0 Å². The molecule has 0 rings (SSSR count). The van der Waals surface area contributed by atoms with Gasteiger partial charge in [0.25, 0.3) is 0 Å². The van der Waals surface area contributed by atoms with Crippen molar-refractivity contribution in [1.82, 2.24) is 0 Å². The Balaban J connectivity index is 4.36. The molecule has 6 heteroatoms. The van der Waals surface area contributed by atoms with Gasteiger partial charge in [-0.25, -0.2) is 0 Å². The minimum Gasteiger partial charge on any atom is -0.462 e. The Morgan fingerprint density at radius 3 is 0.866 bits per heavy atom. The molecule has 1 atom stereocenters. The summed E-state index contributed by atoms with van der Waals surface area (Å²) in [5, 5.41) is 0. The van der Waals surface area contributed by atoms with Gasteiger partial charge in [0.15, 0.2) is 6.10 Å². The van der Waals surface area contributed by atoms with Crippen molar-refractivity contribution >= 4 is 17.9 Å². The molecule has 0 radical (unpaired) electrons. The third kappa shape index (κ3) is 54.4. The largest absolute Gasteiger partial charge is 0.462 e. The standard InChI is InChI=1S/C61H112O6/c1-4-7-10-13-16-19-22-25-28-30-33-36-39-42-45-48-51-54-60(63)66-57-58(56-65-59(62)53-50-47-44-41-38-35-32-27-24-21-18-15-12-9-6-3)67-61(64)55-52-49-46-43-40-37-34-31-29-26-23-20-17-14-11-8-5-2/h16,19,25-26,28-29,58H,4-15,17-18,20-24,27,30-57H2,1-3H3/b19-16-,28-25-,29-26-. The predicted octanol–water partition coefficient (Wildman–Crippen LogP) is 19.7. The molecule has 67 heavy (non-hydrogen) atoms. The lowest BCUT2D eigenvalue weighted by atomic mass is 10.0. The first kappa shape index (κ1) is 64.6. The highest BCUT2D eigenvalue weighted by Crippen LogP contribution is 2.16. The van der Waals surface area contributed by atoms with Gasteiger partial charge in [-0.1, -0.05) is 256 Å². The normalized spacial score (nSPS) is 12.2. The van der Waals surface area contributed by atoms with Gasteiger partial charge in [0.2, 0.25) is 0 Å². The van der Waals surface area contributed by atoms with Gasteiger partial charge in [0, 0.05) is 19.3 Å². The summed E-state index contributed by atoms with van der Waals surface area (Å²) in [6, 6.07) is 0. The maximum absolute atomic E-state index is 12.9. The average molecular weight is 942 g/mol. The highest BCUT2D eigenvalue weighted by atomic mass is 16.6. The van der Waals surface area contributed by atoms with Crippen molar-refractivity contribution < 1.29 is 28.6 Å². The second kappa shape index (κ2) is 56.2. The van der Waals surface area contributed by atoms with Gasteiger partial charge in [-0.15, -0.1) is 0 Å². The summed E-state index contributed by atoms with van der Waals surface area (Å²) in [4.78, 5) is 38.2. The second-order valence-corrected chi connectivity index (χ2v) is 19.9. The number of unbranched alkanes of at least 4 members (excludes halogenated alkanes) is 37. The third-order valence-corrected chi connectivity index (χ3v) is 13.1. The van der Waals surface area contributed by atoms with Gasteiger partial charge in [-0.05, 0) is 77.0 Å². The summed E-state index contributed by atoms with van der Waals surface area (Å²) < 4.78 is 16.9. The smallest absolute Gasteiger partial charge is 0.306 e. The van der Waals surface area contributed by atoms with E-state index in [1.165, 1.54) is 205 Å². The van der Waals surface area contributed by atoms with Crippen molar-refractivity contribution in [2.75, 3.05) is 13.2 Å². The molecule has 0 aliphatic carbocycles. The molecule has 6 nitrogen and oxygen atoms in total. The van der Waals surface area contributed by atoms with Gasteiger partial charge in [-0.2, -0.15) is 0 Å². The van der Waals surface area contributed by atoms with E-state index in [1.54, 1.807) is 0 Å². The molecule has 0 bridgehead atoms. The first-order valence-electron chi connectivity index (χ1n) is 29.5. The summed E-state index contributed by atoms with van der Waals surface area (Å²) in [6.07, 6.45) is 67.0. The van der Waals surface area contributed by atoms with Gasteiger partial charge in [0.05, 0.1) is 0 Å². The number of allylic oxidation sites excluding steroid dienone is 6. The van der Waals surface area contributed by atoms with E-state index in [0.717, 1.165) is 70.6 Å². The average Bonchev–Trinajstić information content (AvgIpc) is 3.33. The molecule has 0 aromatic rings. The molecular formula is C61H112O6. The van der Waals surface area contributed by atoms with Crippen molar-refractivity contribution in [2.45, 2.75) is 322 Å². The zero-order valence-corrected chi connectivity index (χ0v) is 44.9.